The first-order valence-corrected chi connectivity index (χ1v) is 7.24. The van der Waals surface area contributed by atoms with E-state index in [4.69, 9.17) is 9.47 Å². The van der Waals surface area contributed by atoms with Crippen LogP contribution < -0.4 is 5.32 Å². The molecule has 0 aromatic heterocycles. The van der Waals surface area contributed by atoms with Gasteiger partial charge in [-0.25, -0.2) is 4.79 Å². The maximum absolute atomic E-state index is 11.0. The first-order valence-electron chi connectivity index (χ1n) is 7.24. The SMILES string of the molecule is CCOC(=O)COCCNC1CCCCC1CC. The van der Waals surface area contributed by atoms with E-state index in [0.29, 0.717) is 19.3 Å². The molecule has 1 aliphatic carbocycles. The summed E-state index contributed by atoms with van der Waals surface area (Å²) in [5.41, 5.74) is 0. The maximum atomic E-state index is 11.0. The molecular weight excluding hydrogens is 230 g/mol. The number of nitrogens with one attached hydrogen (secondary N) is 1. The molecule has 0 bridgehead atoms. The minimum absolute atomic E-state index is 0.0669. The van der Waals surface area contributed by atoms with Gasteiger partial charge in [-0.05, 0) is 25.7 Å². The van der Waals surface area contributed by atoms with Crippen LogP contribution in [0, 0.1) is 5.92 Å². The van der Waals surface area contributed by atoms with Crippen LogP contribution in [0.3, 0.4) is 0 Å². The fourth-order valence-electron chi connectivity index (χ4n) is 2.64. The van der Waals surface area contributed by atoms with E-state index in [2.05, 4.69) is 12.2 Å². The number of hydrogen-bond acceptors (Lipinski definition) is 4. The van der Waals surface area contributed by atoms with Crippen LogP contribution in [0.1, 0.15) is 46.0 Å². The van der Waals surface area contributed by atoms with Gasteiger partial charge in [0.15, 0.2) is 0 Å². The third-order valence-corrected chi connectivity index (χ3v) is 3.61. The van der Waals surface area contributed by atoms with Gasteiger partial charge in [-0.15, -0.1) is 0 Å². The molecule has 1 rings (SSSR count). The van der Waals surface area contributed by atoms with Gasteiger partial charge in [0.2, 0.25) is 0 Å². The Morgan fingerprint density at radius 1 is 1.28 bits per heavy atom. The first kappa shape index (κ1) is 15.4. The molecular formula is C14H27NO3. The highest BCUT2D eigenvalue weighted by molar-refractivity contribution is 5.70. The highest BCUT2D eigenvalue weighted by Gasteiger charge is 2.22. The summed E-state index contributed by atoms with van der Waals surface area (Å²) >= 11 is 0. The predicted molar refractivity (Wildman–Crippen MR) is 71.5 cm³/mol. The Bertz CT molecular complexity index is 233. The molecule has 1 saturated carbocycles. The van der Waals surface area contributed by atoms with Crippen LogP contribution in [0.2, 0.25) is 0 Å². The summed E-state index contributed by atoms with van der Waals surface area (Å²) in [5.74, 6) is 0.533. The smallest absolute Gasteiger partial charge is 0.332 e. The zero-order valence-electron chi connectivity index (χ0n) is 11.7. The lowest BCUT2D eigenvalue weighted by atomic mass is 9.83. The molecule has 1 aliphatic rings. The van der Waals surface area contributed by atoms with Gasteiger partial charge in [0.25, 0.3) is 0 Å². The third-order valence-electron chi connectivity index (χ3n) is 3.61. The second kappa shape index (κ2) is 9.34. The highest BCUT2D eigenvalue weighted by atomic mass is 16.6. The van der Waals surface area contributed by atoms with Crippen molar-refractivity contribution >= 4 is 5.97 Å². The lowest BCUT2D eigenvalue weighted by Crippen LogP contribution is -2.40. The molecule has 0 aromatic rings. The zero-order valence-corrected chi connectivity index (χ0v) is 11.7. The van der Waals surface area contributed by atoms with E-state index in [-0.39, 0.29) is 12.6 Å². The molecule has 0 saturated heterocycles. The Labute approximate surface area is 110 Å². The molecule has 0 heterocycles. The topological polar surface area (TPSA) is 47.6 Å². The second-order valence-corrected chi connectivity index (χ2v) is 4.87. The number of hydrogen-bond donors (Lipinski definition) is 1. The highest BCUT2D eigenvalue weighted by Crippen LogP contribution is 2.26. The zero-order chi connectivity index (χ0) is 13.2. The Morgan fingerprint density at radius 3 is 2.78 bits per heavy atom. The molecule has 0 aliphatic heterocycles. The summed E-state index contributed by atoms with van der Waals surface area (Å²) in [5, 5.41) is 3.55. The summed E-state index contributed by atoms with van der Waals surface area (Å²) < 4.78 is 10.1. The van der Waals surface area contributed by atoms with Crippen LogP contribution >= 0.6 is 0 Å². The van der Waals surface area contributed by atoms with E-state index in [1.54, 1.807) is 6.92 Å². The average Bonchev–Trinajstić information content (AvgIpc) is 2.39. The first-order chi connectivity index (χ1) is 8.77. The van der Waals surface area contributed by atoms with Gasteiger partial charge in [0.1, 0.15) is 6.61 Å². The normalized spacial score (nSPS) is 23.9. The van der Waals surface area contributed by atoms with E-state index in [1.165, 1.54) is 32.1 Å². The second-order valence-electron chi connectivity index (χ2n) is 4.87. The molecule has 106 valence electrons. The van der Waals surface area contributed by atoms with Crippen LogP contribution in [0.15, 0.2) is 0 Å². The Morgan fingerprint density at radius 2 is 2.06 bits per heavy atom. The molecule has 1 fully saturated rings. The van der Waals surface area contributed by atoms with Crippen molar-refractivity contribution in [3.8, 4) is 0 Å². The van der Waals surface area contributed by atoms with Gasteiger partial charge in [0.05, 0.1) is 13.2 Å². The van der Waals surface area contributed by atoms with Crippen LogP contribution in [0.4, 0.5) is 0 Å². The van der Waals surface area contributed by atoms with Gasteiger partial charge < -0.3 is 14.8 Å². The van der Waals surface area contributed by atoms with Gasteiger partial charge in [-0.1, -0.05) is 26.2 Å². The van der Waals surface area contributed by atoms with E-state index in [1.807, 2.05) is 0 Å². The van der Waals surface area contributed by atoms with Gasteiger partial charge in [0, 0.05) is 12.6 Å². The minimum Gasteiger partial charge on any atom is -0.464 e. The van der Waals surface area contributed by atoms with Crippen molar-refractivity contribution in [3.63, 3.8) is 0 Å². The number of esters is 1. The van der Waals surface area contributed by atoms with E-state index in [9.17, 15) is 4.79 Å². The van der Waals surface area contributed by atoms with E-state index < -0.39 is 0 Å². The summed E-state index contributed by atoms with van der Waals surface area (Å²) in [6.45, 7) is 5.94. The van der Waals surface area contributed by atoms with Gasteiger partial charge in [-0.2, -0.15) is 0 Å². The number of rotatable bonds is 8. The Kier molecular flexibility index (Phi) is 8.01. The lowest BCUT2D eigenvalue weighted by molar-refractivity contribution is -0.148. The van der Waals surface area contributed by atoms with Crippen LogP contribution in [0.25, 0.3) is 0 Å². The summed E-state index contributed by atoms with van der Waals surface area (Å²) in [4.78, 5) is 11.0. The number of carbonyl (C=O) groups is 1. The number of carbonyl (C=O) groups excluding carboxylic acids is 1. The van der Waals surface area contributed by atoms with Gasteiger partial charge >= 0.3 is 5.97 Å². The van der Waals surface area contributed by atoms with Crippen molar-refractivity contribution in [2.45, 2.75) is 52.0 Å². The molecule has 2 unspecified atom stereocenters. The Hall–Kier alpha value is -0.610. The Balaban J connectivity index is 2.04. The predicted octanol–water partition coefficient (Wildman–Crippen LogP) is 2.12. The largest absolute Gasteiger partial charge is 0.464 e. The quantitative estimate of drug-likeness (QED) is 0.534. The molecule has 0 aromatic carbocycles. The van der Waals surface area contributed by atoms with Crippen LogP contribution in [0.5, 0.6) is 0 Å². The van der Waals surface area contributed by atoms with Crippen molar-refractivity contribution in [2.24, 2.45) is 5.92 Å². The minimum atomic E-state index is -0.276. The van der Waals surface area contributed by atoms with Crippen molar-refractivity contribution in [3.05, 3.63) is 0 Å². The summed E-state index contributed by atoms with van der Waals surface area (Å²) in [7, 11) is 0. The van der Waals surface area contributed by atoms with Crippen molar-refractivity contribution < 1.29 is 14.3 Å². The molecule has 4 nitrogen and oxygen atoms in total. The van der Waals surface area contributed by atoms with Gasteiger partial charge in [-0.3, -0.25) is 0 Å². The van der Waals surface area contributed by atoms with Crippen molar-refractivity contribution in [1.82, 2.24) is 5.32 Å². The fraction of sp³-hybridized carbons (Fsp3) is 0.929. The van der Waals surface area contributed by atoms with E-state index in [0.717, 1.165) is 12.5 Å². The monoisotopic (exact) mass is 257 g/mol. The average molecular weight is 257 g/mol. The third kappa shape index (κ3) is 5.83. The molecule has 2 atom stereocenters. The molecule has 0 radical (unpaired) electrons. The fourth-order valence-corrected chi connectivity index (χ4v) is 2.64. The lowest BCUT2D eigenvalue weighted by Gasteiger charge is -2.31. The summed E-state index contributed by atoms with van der Waals surface area (Å²) in [6.07, 6.45) is 6.57. The molecule has 4 heteroatoms. The molecule has 18 heavy (non-hydrogen) atoms. The van der Waals surface area contributed by atoms with E-state index >= 15 is 0 Å². The van der Waals surface area contributed by atoms with Crippen LogP contribution in [-0.2, 0) is 14.3 Å². The van der Waals surface area contributed by atoms with Crippen LogP contribution in [-0.4, -0.2) is 38.4 Å². The molecule has 0 spiro atoms. The maximum Gasteiger partial charge on any atom is 0.332 e. The van der Waals surface area contributed by atoms with Crippen molar-refractivity contribution in [2.75, 3.05) is 26.4 Å². The van der Waals surface area contributed by atoms with Crippen molar-refractivity contribution in [1.29, 1.82) is 0 Å². The molecule has 1 N–H and O–H groups in total. The molecule has 0 amide bonds. The number of ether oxygens (including phenoxy) is 2. The standard InChI is InChI=1S/C14H27NO3/c1-3-12-7-5-6-8-13(12)15-9-10-17-11-14(16)18-4-2/h12-13,15H,3-11H2,1-2H3. The summed E-state index contributed by atoms with van der Waals surface area (Å²) in [6, 6.07) is 0.634.